The van der Waals surface area contributed by atoms with Crippen LogP contribution < -0.4 is 5.32 Å². The first-order chi connectivity index (χ1) is 10.2. The molecule has 0 aliphatic carbocycles. The summed E-state index contributed by atoms with van der Waals surface area (Å²) in [5.74, 6) is 1.54. The number of halogens is 2. The molecule has 4 nitrogen and oxygen atoms in total. The molecular formula is C15H19Cl2N3O. The van der Waals surface area contributed by atoms with Gasteiger partial charge in [-0.1, -0.05) is 23.2 Å². The van der Waals surface area contributed by atoms with Gasteiger partial charge in [-0.25, -0.2) is 4.98 Å². The van der Waals surface area contributed by atoms with Crippen LogP contribution in [0.3, 0.4) is 0 Å². The average Bonchev–Trinajstić information content (AvgIpc) is 2.79. The van der Waals surface area contributed by atoms with Crippen molar-refractivity contribution in [3.8, 4) is 0 Å². The van der Waals surface area contributed by atoms with Gasteiger partial charge in [-0.05, 0) is 44.0 Å². The van der Waals surface area contributed by atoms with E-state index in [4.69, 9.17) is 27.9 Å². The van der Waals surface area contributed by atoms with Crippen molar-refractivity contribution in [1.29, 1.82) is 0 Å². The zero-order chi connectivity index (χ0) is 14.8. The lowest BCUT2D eigenvalue weighted by Gasteiger charge is -2.24. The number of benzene rings is 1. The fraction of sp³-hybridized carbons (Fsp3) is 0.533. The highest BCUT2D eigenvalue weighted by molar-refractivity contribution is 6.42. The maximum absolute atomic E-state index is 6.17. The molecule has 1 unspecified atom stereocenters. The minimum Gasteiger partial charge on any atom is -0.377 e. The SMILES string of the molecule is COCc1nc2cc(Cl)c(Cl)cc2n1CC1CCCNC1. The first-order valence-corrected chi connectivity index (χ1v) is 7.98. The second-order valence-corrected chi connectivity index (χ2v) is 6.35. The number of nitrogens with zero attached hydrogens (tertiary/aromatic N) is 2. The number of piperidine rings is 1. The Balaban J connectivity index is 2.00. The predicted octanol–water partition coefficient (Wildman–Crippen LogP) is 3.49. The van der Waals surface area contributed by atoms with Gasteiger partial charge in [0.25, 0.3) is 0 Å². The molecule has 0 amide bonds. The van der Waals surface area contributed by atoms with Crippen molar-refractivity contribution < 1.29 is 4.74 Å². The van der Waals surface area contributed by atoms with Crippen molar-refractivity contribution in [3.05, 3.63) is 28.0 Å². The Morgan fingerprint density at radius 1 is 1.38 bits per heavy atom. The van der Waals surface area contributed by atoms with E-state index in [0.29, 0.717) is 22.6 Å². The highest BCUT2D eigenvalue weighted by Gasteiger charge is 2.18. The van der Waals surface area contributed by atoms with Crippen LogP contribution in [0.5, 0.6) is 0 Å². The van der Waals surface area contributed by atoms with Gasteiger partial charge < -0.3 is 14.6 Å². The molecule has 114 valence electrons. The molecule has 3 rings (SSSR count). The second-order valence-electron chi connectivity index (χ2n) is 5.54. The Bertz CT molecular complexity index is 635. The van der Waals surface area contributed by atoms with Crippen molar-refractivity contribution in [1.82, 2.24) is 14.9 Å². The van der Waals surface area contributed by atoms with Gasteiger partial charge in [0.05, 0.1) is 21.1 Å². The summed E-state index contributed by atoms with van der Waals surface area (Å²) >= 11 is 12.3. The molecule has 1 fully saturated rings. The van der Waals surface area contributed by atoms with E-state index < -0.39 is 0 Å². The number of fused-ring (bicyclic) bond motifs is 1. The summed E-state index contributed by atoms with van der Waals surface area (Å²) in [5.41, 5.74) is 1.90. The summed E-state index contributed by atoms with van der Waals surface area (Å²) in [6.45, 7) is 3.59. The zero-order valence-electron chi connectivity index (χ0n) is 12.0. The van der Waals surface area contributed by atoms with Crippen LogP contribution in [0.25, 0.3) is 11.0 Å². The van der Waals surface area contributed by atoms with Gasteiger partial charge in [0.2, 0.25) is 0 Å². The number of imidazole rings is 1. The monoisotopic (exact) mass is 327 g/mol. The number of methoxy groups -OCH3 is 1. The van der Waals surface area contributed by atoms with Gasteiger partial charge in [0.15, 0.2) is 0 Å². The van der Waals surface area contributed by atoms with Gasteiger partial charge in [-0.3, -0.25) is 0 Å². The molecule has 1 saturated heterocycles. The third-order valence-electron chi connectivity index (χ3n) is 3.98. The topological polar surface area (TPSA) is 39.1 Å². The summed E-state index contributed by atoms with van der Waals surface area (Å²) in [4.78, 5) is 4.64. The molecule has 1 aliphatic heterocycles. The quantitative estimate of drug-likeness (QED) is 0.934. The number of nitrogens with one attached hydrogen (secondary N) is 1. The highest BCUT2D eigenvalue weighted by Crippen LogP contribution is 2.29. The molecular weight excluding hydrogens is 309 g/mol. The molecule has 0 spiro atoms. The summed E-state index contributed by atoms with van der Waals surface area (Å²) in [5, 5.41) is 4.56. The molecule has 1 aromatic heterocycles. The number of hydrogen-bond acceptors (Lipinski definition) is 3. The molecule has 21 heavy (non-hydrogen) atoms. The molecule has 2 aromatic rings. The Hall–Kier alpha value is -0.810. The van der Waals surface area contributed by atoms with Crippen LogP contribution >= 0.6 is 23.2 Å². The van der Waals surface area contributed by atoms with Gasteiger partial charge in [0, 0.05) is 13.7 Å². The Morgan fingerprint density at radius 2 is 2.19 bits per heavy atom. The fourth-order valence-corrected chi connectivity index (χ4v) is 3.27. The van der Waals surface area contributed by atoms with Gasteiger partial charge >= 0.3 is 0 Å². The molecule has 0 radical (unpaired) electrons. The van der Waals surface area contributed by atoms with E-state index in [9.17, 15) is 0 Å². The van der Waals surface area contributed by atoms with Crippen LogP contribution in [-0.2, 0) is 17.9 Å². The number of hydrogen-bond donors (Lipinski definition) is 1. The second kappa shape index (κ2) is 6.53. The van der Waals surface area contributed by atoms with E-state index in [1.807, 2.05) is 12.1 Å². The fourth-order valence-electron chi connectivity index (χ4n) is 2.95. The predicted molar refractivity (Wildman–Crippen MR) is 86.1 cm³/mol. The summed E-state index contributed by atoms with van der Waals surface area (Å²) in [6, 6.07) is 3.73. The Labute approximate surface area is 134 Å². The van der Waals surface area contributed by atoms with Crippen molar-refractivity contribution in [2.24, 2.45) is 5.92 Å². The van der Waals surface area contributed by atoms with E-state index in [2.05, 4.69) is 14.9 Å². The number of aromatic nitrogens is 2. The van der Waals surface area contributed by atoms with E-state index in [0.717, 1.165) is 36.5 Å². The zero-order valence-corrected chi connectivity index (χ0v) is 13.5. The molecule has 1 aromatic carbocycles. The summed E-state index contributed by atoms with van der Waals surface area (Å²) in [6.07, 6.45) is 2.46. The van der Waals surface area contributed by atoms with Crippen LogP contribution in [0.2, 0.25) is 10.0 Å². The smallest absolute Gasteiger partial charge is 0.135 e. The molecule has 6 heteroatoms. The van der Waals surface area contributed by atoms with Crippen molar-refractivity contribution in [2.75, 3.05) is 20.2 Å². The molecule has 0 saturated carbocycles. The normalized spacial score (nSPS) is 19.3. The number of ether oxygens (including phenoxy) is 1. The Morgan fingerprint density at radius 3 is 2.90 bits per heavy atom. The lowest BCUT2D eigenvalue weighted by atomic mass is 9.99. The minimum atomic E-state index is 0.490. The summed E-state index contributed by atoms with van der Waals surface area (Å²) in [7, 11) is 1.69. The Kier molecular flexibility index (Phi) is 4.69. The van der Waals surface area contributed by atoms with Crippen molar-refractivity contribution >= 4 is 34.2 Å². The van der Waals surface area contributed by atoms with Crippen LogP contribution in [0.4, 0.5) is 0 Å². The molecule has 1 N–H and O–H groups in total. The van der Waals surface area contributed by atoms with Crippen LogP contribution in [0, 0.1) is 5.92 Å². The van der Waals surface area contributed by atoms with Crippen LogP contribution in [0.1, 0.15) is 18.7 Å². The third-order valence-corrected chi connectivity index (χ3v) is 4.70. The highest BCUT2D eigenvalue weighted by atomic mass is 35.5. The lowest BCUT2D eigenvalue weighted by molar-refractivity contribution is 0.172. The molecule has 1 atom stereocenters. The van der Waals surface area contributed by atoms with Crippen LogP contribution in [-0.4, -0.2) is 29.8 Å². The first kappa shape index (κ1) is 15.1. The first-order valence-electron chi connectivity index (χ1n) is 7.23. The third kappa shape index (κ3) is 3.19. The van der Waals surface area contributed by atoms with Crippen molar-refractivity contribution in [3.63, 3.8) is 0 Å². The average molecular weight is 328 g/mol. The maximum atomic E-state index is 6.17. The van der Waals surface area contributed by atoms with E-state index in [1.165, 1.54) is 12.8 Å². The maximum Gasteiger partial charge on any atom is 0.135 e. The van der Waals surface area contributed by atoms with Gasteiger partial charge in [-0.15, -0.1) is 0 Å². The molecule has 0 bridgehead atoms. The van der Waals surface area contributed by atoms with Gasteiger partial charge in [0.1, 0.15) is 12.4 Å². The lowest BCUT2D eigenvalue weighted by Crippen LogP contribution is -2.32. The molecule has 2 heterocycles. The van der Waals surface area contributed by atoms with E-state index in [-0.39, 0.29) is 0 Å². The van der Waals surface area contributed by atoms with Crippen molar-refractivity contribution in [2.45, 2.75) is 26.0 Å². The van der Waals surface area contributed by atoms with E-state index >= 15 is 0 Å². The van der Waals surface area contributed by atoms with Gasteiger partial charge in [-0.2, -0.15) is 0 Å². The summed E-state index contributed by atoms with van der Waals surface area (Å²) < 4.78 is 7.50. The van der Waals surface area contributed by atoms with Crippen LogP contribution in [0.15, 0.2) is 12.1 Å². The molecule has 1 aliphatic rings. The van der Waals surface area contributed by atoms with E-state index in [1.54, 1.807) is 7.11 Å². The minimum absolute atomic E-state index is 0.490. The standard InChI is InChI=1S/C15H19Cl2N3O/c1-21-9-15-19-13-5-11(16)12(17)6-14(13)20(15)8-10-3-2-4-18-7-10/h5-6,10,18H,2-4,7-9H2,1H3. The largest absolute Gasteiger partial charge is 0.377 e. The number of rotatable bonds is 4.